The van der Waals surface area contributed by atoms with Crippen molar-refractivity contribution in [1.82, 2.24) is 14.5 Å². The van der Waals surface area contributed by atoms with E-state index in [0.29, 0.717) is 10.8 Å². The number of hydrogen-bond acceptors (Lipinski definition) is 4. The second-order valence-corrected chi connectivity index (χ2v) is 5.41. The van der Waals surface area contributed by atoms with Crippen molar-refractivity contribution in [2.24, 2.45) is 0 Å². The van der Waals surface area contributed by atoms with E-state index in [4.69, 9.17) is 11.6 Å². The minimum absolute atomic E-state index is 0.0463. The quantitative estimate of drug-likeness (QED) is 0.778. The molecule has 0 aromatic carbocycles. The summed E-state index contributed by atoms with van der Waals surface area (Å²) in [6.07, 6.45) is 4.39. The highest BCUT2D eigenvalue weighted by Gasteiger charge is 2.27. The maximum absolute atomic E-state index is 12.4. The Morgan fingerprint density at radius 2 is 2.35 bits per heavy atom. The van der Waals surface area contributed by atoms with E-state index in [2.05, 4.69) is 9.59 Å². The van der Waals surface area contributed by atoms with Crippen LogP contribution in [0.3, 0.4) is 0 Å². The molecule has 0 saturated carbocycles. The Bertz CT molecular complexity index is 396. The van der Waals surface area contributed by atoms with Crippen molar-refractivity contribution in [2.75, 3.05) is 12.4 Å². The van der Waals surface area contributed by atoms with E-state index < -0.39 is 0 Å². The van der Waals surface area contributed by atoms with Crippen LogP contribution in [-0.2, 0) is 0 Å². The molecule has 2 heterocycles. The molecule has 1 fully saturated rings. The molecule has 0 bridgehead atoms. The molecule has 0 N–H and O–H groups in total. The predicted octanol–water partition coefficient (Wildman–Crippen LogP) is 2.47. The number of aryl methyl sites for hydroxylation is 1. The van der Waals surface area contributed by atoms with Crippen molar-refractivity contribution in [1.29, 1.82) is 0 Å². The smallest absolute Gasteiger partial charge is 0.267 e. The number of carbonyl (C=O) groups is 1. The average Bonchev–Trinajstić information content (AvgIpc) is 2.64. The molecule has 1 atom stereocenters. The van der Waals surface area contributed by atoms with Gasteiger partial charge in [0.25, 0.3) is 5.91 Å². The van der Waals surface area contributed by atoms with E-state index in [0.717, 1.165) is 31.5 Å². The zero-order chi connectivity index (χ0) is 12.3. The molecule has 1 unspecified atom stereocenters. The average molecular weight is 274 g/mol. The Balaban J connectivity index is 2.18. The van der Waals surface area contributed by atoms with Crippen molar-refractivity contribution >= 4 is 29.0 Å². The lowest BCUT2D eigenvalue weighted by molar-refractivity contribution is 0.0704. The molecule has 6 heteroatoms. The van der Waals surface area contributed by atoms with E-state index in [1.807, 2.05) is 11.8 Å². The van der Waals surface area contributed by atoms with Gasteiger partial charge in [0.1, 0.15) is 4.88 Å². The molecule has 1 aromatic heterocycles. The van der Waals surface area contributed by atoms with Crippen molar-refractivity contribution in [3.05, 3.63) is 10.6 Å². The summed E-state index contributed by atoms with van der Waals surface area (Å²) < 4.78 is 3.82. The van der Waals surface area contributed by atoms with Gasteiger partial charge < -0.3 is 4.90 Å². The molecular formula is C11H16ClN3OS. The summed E-state index contributed by atoms with van der Waals surface area (Å²) >= 11 is 7.15. The fraction of sp³-hybridized carbons (Fsp3) is 0.727. The van der Waals surface area contributed by atoms with Crippen LogP contribution in [0.15, 0.2) is 0 Å². The van der Waals surface area contributed by atoms with Crippen LogP contribution in [0.5, 0.6) is 0 Å². The Kier molecular flexibility index (Phi) is 4.34. The zero-order valence-electron chi connectivity index (χ0n) is 9.86. The maximum Gasteiger partial charge on any atom is 0.267 e. The van der Waals surface area contributed by atoms with E-state index in [-0.39, 0.29) is 11.9 Å². The monoisotopic (exact) mass is 273 g/mol. The van der Waals surface area contributed by atoms with Crippen LogP contribution < -0.4 is 0 Å². The minimum Gasteiger partial charge on any atom is -0.334 e. The number of hydrogen-bond donors (Lipinski definition) is 0. The highest BCUT2D eigenvalue weighted by atomic mass is 35.5. The van der Waals surface area contributed by atoms with Crippen molar-refractivity contribution < 1.29 is 4.79 Å². The van der Waals surface area contributed by atoms with E-state index in [1.54, 1.807) is 0 Å². The fourth-order valence-corrected chi connectivity index (χ4v) is 3.10. The second kappa shape index (κ2) is 5.78. The molecule has 1 saturated heterocycles. The lowest BCUT2D eigenvalue weighted by Crippen LogP contribution is -2.41. The van der Waals surface area contributed by atoms with Gasteiger partial charge >= 0.3 is 0 Å². The molecule has 4 nitrogen and oxygen atoms in total. The van der Waals surface area contributed by atoms with Gasteiger partial charge in [-0.25, -0.2) is 0 Å². The first-order valence-electron chi connectivity index (χ1n) is 5.90. The topological polar surface area (TPSA) is 46.1 Å². The van der Waals surface area contributed by atoms with Crippen molar-refractivity contribution in [2.45, 2.75) is 38.6 Å². The predicted molar refractivity (Wildman–Crippen MR) is 68.7 cm³/mol. The number of aromatic nitrogens is 2. The standard InChI is InChI=1S/C11H16ClN3OS/c1-8-10(17-14-13-8)11(16)15-6-4-2-3-5-9(15)7-12/h9H,2-7H2,1H3. The molecule has 17 heavy (non-hydrogen) atoms. The molecule has 1 amide bonds. The van der Waals surface area contributed by atoms with Gasteiger partial charge in [0, 0.05) is 18.5 Å². The SMILES string of the molecule is Cc1nnsc1C(=O)N1CCCCCC1CCl. The van der Waals surface area contributed by atoms with E-state index in [1.165, 1.54) is 18.0 Å². The summed E-state index contributed by atoms with van der Waals surface area (Å²) in [4.78, 5) is 15.0. The summed E-state index contributed by atoms with van der Waals surface area (Å²) in [7, 11) is 0. The van der Waals surface area contributed by atoms with Gasteiger partial charge in [-0.05, 0) is 31.3 Å². The number of rotatable bonds is 2. The fourth-order valence-electron chi connectivity index (χ4n) is 2.16. The molecule has 0 spiro atoms. The summed E-state index contributed by atoms with van der Waals surface area (Å²) in [6, 6.07) is 0.160. The molecule has 0 radical (unpaired) electrons. The summed E-state index contributed by atoms with van der Waals surface area (Å²) in [5.74, 6) is 0.557. The normalized spacial score (nSPS) is 21.3. The van der Waals surface area contributed by atoms with Gasteiger partial charge in [-0.2, -0.15) is 0 Å². The van der Waals surface area contributed by atoms with Gasteiger partial charge in [-0.1, -0.05) is 17.3 Å². The first-order chi connectivity index (χ1) is 8.24. The highest BCUT2D eigenvalue weighted by Crippen LogP contribution is 2.22. The first kappa shape index (κ1) is 12.8. The van der Waals surface area contributed by atoms with Gasteiger partial charge in [-0.3, -0.25) is 4.79 Å². The van der Waals surface area contributed by atoms with E-state index in [9.17, 15) is 4.79 Å². The maximum atomic E-state index is 12.4. The summed E-state index contributed by atoms with van der Waals surface area (Å²) in [6.45, 7) is 2.62. The third kappa shape index (κ3) is 2.77. The largest absolute Gasteiger partial charge is 0.334 e. The zero-order valence-corrected chi connectivity index (χ0v) is 11.4. The molecular weight excluding hydrogens is 258 g/mol. The number of nitrogens with zero attached hydrogens (tertiary/aromatic N) is 3. The molecule has 1 aliphatic heterocycles. The van der Waals surface area contributed by atoms with Crippen LogP contribution >= 0.6 is 23.1 Å². The lowest BCUT2D eigenvalue weighted by Gasteiger charge is -2.28. The molecule has 0 aliphatic carbocycles. The number of amides is 1. The number of carbonyl (C=O) groups excluding carboxylic acids is 1. The summed E-state index contributed by atoms with van der Waals surface area (Å²) in [5.41, 5.74) is 0.720. The van der Waals surface area contributed by atoms with Crippen LogP contribution in [0.1, 0.15) is 41.0 Å². The number of likely N-dealkylation sites (tertiary alicyclic amines) is 1. The molecule has 1 aromatic rings. The van der Waals surface area contributed by atoms with Crippen LogP contribution in [0.25, 0.3) is 0 Å². The molecule has 94 valence electrons. The van der Waals surface area contributed by atoms with Gasteiger partial charge in [0.15, 0.2) is 0 Å². The Hall–Kier alpha value is -0.680. The van der Waals surface area contributed by atoms with Crippen LogP contribution in [0.4, 0.5) is 0 Å². The van der Waals surface area contributed by atoms with Crippen molar-refractivity contribution in [3.63, 3.8) is 0 Å². The summed E-state index contributed by atoms with van der Waals surface area (Å²) in [5, 5.41) is 3.89. The van der Waals surface area contributed by atoms with Crippen LogP contribution in [0, 0.1) is 6.92 Å². The number of alkyl halides is 1. The van der Waals surface area contributed by atoms with E-state index >= 15 is 0 Å². The van der Waals surface area contributed by atoms with Crippen LogP contribution in [-0.4, -0.2) is 38.9 Å². The second-order valence-electron chi connectivity index (χ2n) is 4.34. The third-order valence-corrected chi connectivity index (χ3v) is 4.33. The number of halogens is 1. The van der Waals surface area contributed by atoms with Gasteiger partial charge in [0.05, 0.1) is 5.69 Å². The van der Waals surface area contributed by atoms with Gasteiger partial charge in [0.2, 0.25) is 0 Å². The van der Waals surface area contributed by atoms with Gasteiger partial charge in [-0.15, -0.1) is 16.7 Å². The Morgan fingerprint density at radius 3 is 3.00 bits per heavy atom. The third-order valence-electron chi connectivity index (χ3n) is 3.16. The Morgan fingerprint density at radius 1 is 1.53 bits per heavy atom. The molecule has 1 aliphatic rings. The minimum atomic E-state index is 0.0463. The van der Waals surface area contributed by atoms with Crippen molar-refractivity contribution in [3.8, 4) is 0 Å². The highest BCUT2D eigenvalue weighted by molar-refractivity contribution is 7.07. The first-order valence-corrected chi connectivity index (χ1v) is 7.20. The Labute approximate surface area is 110 Å². The lowest BCUT2D eigenvalue weighted by atomic mass is 10.1. The molecule has 2 rings (SSSR count). The van der Waals surface area contributed by atoms with Crippen LogP contribution in [0.2, 0.25) is 0 Å².